The molecule has 0 amide bonds. The number of rotatable bonds is 5. The average Bonchev–Trinajstić information content (AvgIpc) is 2.28. The van der Waals surface area contributed by atoms with Gasteiger partial charge in [0, 0.05) is 0 Å². The summed E-state index contributed by atoms with van der Waals surface area (Å²) in [6.45, 7) is 0.0271. The van der Waals surface area contributed by atoms with Crippen LogP contribution in [0.3, 0.4) is 0 Å². The van der Waals surface area contributed by atoms with Crippen LogP contribution in [0.5, 0.6) is 5.75 Å². The molecule has 2 N–H and O–H groups in total. The van der Waals surface area contributed by atoms with Crippen molar-refractivity contribution >= 4 is 0 Å². The summed E-state index contributed by atoms with van der Waals surface area (Å²) < 4.78 is 43.2. The summed E-state index contributed by atoms with van der Waals surface area (Å²) in [5, 5.41) is 0. The first-order valence-electron chi connectivity index (χ1n) is 5.37. The summed E-state index contributed by atoms with van der Waals surface area (Å²) in [5.41, 5.74) is 5.78. The fraction of sp³-hybridized carbons (Fsp3) is 0.500. The van der Waals surface area contributed by atoms with Crippen molar-refractivity contribution in [2.24, 2.45) is 11.7 Å². The standard InChI is InChI=1S/C12H16F3NO/c1-17-11-5-3-2-4-9(11)8-10(6-7-16)12(13,14)15/h2-5,10H,6-8,16H2,1H3. The first-order valence-corrected chi connectivity index (χ1v) is 5.37. The van der Waals surface area contributed by atoms with Crippen LogP contribution in [0, 0.1) is 5.92 Å². The Labute approximate surface area is 98.6 Å². The van der Waals surface area contributed by atoms with E-state index in [0.717, 1.165) is 0 Å². The molecule has 2 nitrogen and oxygen atoms in total. The maximum Gasteiger partial charge on any atom is 0.392 e. The molecule has 0 spiro atoms. The van der Waals surface area contributed by atoms with Gasteiger partial charge in [0.2, 0.25) is 0 Å². The summed E-state index contributed by atoms with van der Waals surface area (Å²) in [4.78, 5) is 0. The summed E-state index contributed by atoms with van der Waals surface area (Å²) in [5.74, 6) is -0.928. The van der Waals surface area contributed by atoms with Crippen molar-refractivity contribution in [2.75, 3.05) is 13.7 Å². The van der Waals surface area contributed by atoms with Gasteiger partial charge in [-0.2, -0.15) is 13.2 Å². The summed E-state index contributed by atoms with van der Waals surface area (Å²) in [7, 11) is 1.45. The fourth-order valence-corrected chi connectivity index (χ4v) is 1.72. The molecular formula is C12H16F3NO. The molecule has 0 saturated carbocycles. The molecule has 0 heterocycles. The number of benzene rings is 1. The topological polar surface area (TPSA) is 35.2 Å². The maximum atomic E-state index is 12.7. The second-order valence-corrected chi connectivity index (χ2v) is 3.83. The Morgan fingerprint density at radius 2 is 1.94 bits per heavy atom. The summed E-state index contributed by atoms with van der Waals surface area (Å²) in [6.07, 6.45) is -4.38. The molecule has 1 aromatic rings. The van der Waals surface area contributed by atoms with Crippen molar-refractivity contribution in [2.45, 2.75) is 19.0 Å². The maximum absolute atomic E-state index is 12.7. The second kappa shape index (κ2) is 5.91. The lowest BCUT2D eigenvalue weighted by molar-refractivity contribution is -0.175. The highest BCUT2D eigenvalue weighted by molar-refractivity contribution is 5.33. The van der Waals surface area contributed by atoms with Gasteiger partial charge in [-0.25, -0.2) is 0 Å². The number of hydrogen-bond donors (Lipinski definition) is 1. The van der Waals surface area contributed by atoms with E-state index in [0.29, 0.717) is 11.3 Å². The van der Waals surface area contributed by atoms with Crippen molar-refractivity contribution in [3.8, 4) is 5.75 Å². The fourth-order valence-electron chi connectivity index (χ4n) is 1.72. The Hall–Kier alpha value is -1.23. The zero-order chi connectivity index (χ0) is 12.9. The number of ether oxygens (including phenoxy) is 1. The molecule has 0 aliphatic rings. The first kappa shape index (κ1) is 13.8. The SMILES string of the molecule is COc1ccccc1CC(CCN)C(F)(F)F. The van der Waals surface area contributed by atoms with Gasteiger partial charge in [-0.1, -0.05) is 18.2 Å². The lowest BCUT2D eigenvalue weighted by Crippen LogP contribution is -2.27. The van der Waals surface area contributed by atoms with Crippen molar-refractivity contribution in [1.82, 2.24) is 0 Å². The van der Waals surface area contributed by atoms with Crippen molar-refractivity contribution in [3.05, 3.63) is 29.8 Å². The van der Waals surface area contributed by atoms with E-state index in [1.54, 1.807) is 24.3 Å². The van der Waals surface area contributed by atoms with E-state index in [9.17, 15) is 13.2 Å². The molecule has 0 aliphatic heterocycles. The molecule has 0 saturated heterocycles. The van der Waals surface area contributed by atoms with Gasteiger partial charge >= 0.3 is 6.18 Å². The van der Waals surface area contributed by atoms with Crippen LogP contribution in [0.1, 0.15) is 12.0 Å². The molecule has 1 rings (SSSR count). The lowest BCUT2D eigenvalue weighted by Gasteiger charge is -2.20. The highest BCUT2D eigenvalue weighted by Crippen LogP contribution is 2.33. The third-order valence-electron chi connectivity index (χ3n) is 2.64. The van der Waals surface area contributed by atoms with Crippen molar-refractivity contribution < 1.29 is 17.9 Å². The smallest absolute Gasteiger partial charge is 0.392 e. The van der Waals surface area contributed by atoms with Crippen molar-refractivity contribution in [3.63, 3.8) is 0 Å². The second-order valence-electron chi connectivity index (χ2n) is 3.83. The van der Waals surface area contributed by atoms with E-state index in [1.807, 2.05) is 0 Å². The molecule has 1 atom stereocenters. The molecule has 0 aliphatic carbocycles. The van der Waals surface area contributed by atoms with Crippen LogP contribution in [0.25, 0.3) is 0 Å². The number of halogens is 3. The number of hydrogen-bond acceptors (Lipinski definition) is 2. The molecule has 5 heteroatoms. The lowest BCUT2D eigenvalue weighted by atomic mass is 9.95. The molecule has 0 fully saturated rings. The van der Waals surface area contributed by atoms with Crippen LogP contribution in [0.15, 0.2) is 24.3 Å². The van der Waals surface area contributed by atoms with E-state index in [-0.39, 0.29) is 19.4 Å². The Balaban J connectivity index is 2.86. The largest absolute Gasteiger partial charge is 0.496 e. The summed E-state index contributed by atoms with van der Waals surface area (Å²) in [6, 6.07) is 6.74. The Morgan fingerprint density at radius 3 is 2.47 bits per heavy atom. The van der Waals surface area contributed by atoms with E-state index in [2.05, 4.69) is 0 Å². The van der Waals surface area contributed by atoms with Crippen LogP contribution < -0.4 is 10.5 Å². The van der Waals surface area contributed by atoms with Gasteiger partial charge in [0.1, 0.15) is 5.75 Å². The number of methoxy groups -OCH3 is 1. The predicted octanol–water partition coefficient (Wildman–Crippen LogP) is 2.77. The van der Waals surface area contributed by atoms with E-state index in [1.165, 1.54) is 7.11 Å². The molecule has 1 unspecified atom stereocenters. The molecule has 0 bridgehead atoms. The first-order chi connectivity index (χ1) is 7.99. The van der Waals surface area contributed by atoms with Crippen LogP contribution >= 0.6 is 0 Å². The monoisotopic (exact) mass is 247 g/mol. The number of alkyl halides is 3. The van der Waals surface area contributed by atoms with Crippen LogP contribution in [-0.2, 0) is 6.42 Å². The van der Waals surface area contributed by atoms with E-state index < -0.39 is 12.1 Å². The molecule has 17 heavy (non-hydrogen) atoms. The van der Waals surface area contributed by atoms with E-state index in [4.69, 9.17) is 10.5 Å². The Kier molecular flexibility index (Phi) is 4.81. The highest BCUT2D eigenvalue weighted by atomic mass is 19.4. The highest BCUT2D eigenvalue weighted by Gasteiger charge is 2.39. The summed E-state index contributed by atoms with van der Waals surface area (Å²) >= 11 is 0. The quantitative estimate of drug-likeness (QED) is 0.868. The average molecular weight is 247 g/mol. The minimum Gasteiger partial charge on any atom is -0.496 e. The van der Waals surface area contributed by atoms with Gasteiger partial charge in [0.15, 0.2) is 0 Å². The Morgan fingerprint density at radius 1 is 1.29 bits per heavy atom. The van der Waals surface area contributed by atoms with Crippen molar-refractivity contribution in [1.29, 1.82) is 0 Å². The normalized spacial score (nSPS) is 13.5. The zero-order valence-electron chi connectivity index (χ0n) is 9.63. The minimum absolute atomic E-state index is 0.0271. The molecule has 1 aromatic carbocycles. The van der Waals surface area contributed by atoms with Crippen LogP contribution in [-0.4, -0.2) is 19.8 Å². The van der Waals surface area contributed by atoms with Gasteiger partial charge in [0.05, 0.1) is 13.0 Å². The van der Waals surface area contributed by atoms with Gasteiger partial charge < -0.3 is 10.5 Å². The zero-order valence-corrected chi connectivity index (χ0v) is 9.63. The van der Waals surface area contributed by atoms with E-state index >= 15 is 0 Å². The molecule has 0 aromatic heterocycles. The van der Waals surface area contributed by atoms with Gasteiger partial charge in [-0.3, -0.25) is 0 Å². The third-order valence-corrected chi connectivity index (χ3v) is 2.64. The molecule has 96 valence electrons. The molecular weight excluding hydrogens is 231 g/mol. The number of para-hydroxylation sites is 1. The molecule has 0 radical (unpaired) electrons. The third kappa shape index (κ3) is 3.93. The van der Waals surface area contributed by atoms with Gasteiger partial charge in [-0.05, 0) is 31.0 Å². The van der Waals surface area contributed by atoms with Crippen LogP contribution in [0.2, 0.25) is 0 Å². The van der Waals surface area contributed by atoms with Gasteiger partial charge in [0.25, 0.3) is 0 Å². The number of nitrogens with two attached hydrogens (primary N) is 1. The van der Waals surface area contributed by atoms with Crippen LogP contribution in [0.4, 0.5) is 13.2 Å². The van der Waals surface area contributed by atoms with Gasteiger partial charge in [-0.15, -0.1) is 0 Å². The predicted molar refractivity (Wildman–Crippen MR) is 59.9 cm³/mol. The minimum atomic E-state index is -4.22. The Bertz CT molecular complexity index is 352.